The summed E-state index contributed by atoms with van der Waals surface area (Å²) in [6.07, 6.45) is 2.21. The van der Waals surface area contributed by atoms with E-state index >= 15 is 0 Å². The fourth-order valence-corrected chi connectivity index (χ4v) is 4.39. The maximum Gasteiger partial charge on any atom is 0.277 e. The first-order valence-electron chi connectivity index (χ1n) is 9.81. The lowest BCUT2D eigenvalue weighted by Crippen LogP contribution is -2.41. The number of carbonyl (C=O) groups is 2. The molecule has 0 N–H and O–H groups in total. The number of imide groups is 1. The van der Waals surface area contributed by atoms with Crippen LogP contribution in [0.5, 0.6) is 5.75 Å². The predicted octanol–water partition coefficient (Wildman–Crippen LogP) is 4.71. The first-order valence-corrected chi connectivity index (χ1v) is 11.1. The molecule has 160 valence electrons. The number of aromatic nitrogens is 2. The van der Waals surface area contributed by atoms with Gasteiger partial charge in [-0.25, -0.2) is 0 Å². The van der Waals surface area contributed by atoms with Gasteiger partial charge in [-0.3, -0.25) is 14.5 Å². The number of ether oxygens (including phenoxy) is 1. The summed E-state index contributed by atoms with van der Waals surface area (Å²) in [6, 6.07) is 13.8. The van der Waals surface area contributed by atoms with E-state index in [0.29, 0.717) is 34.7 Å². The molecular weight excluding hydrogens is 438 g/mol. The van der Waals surface area contributed by atoms with Crippen LogP contribution in [0.15, 0.2) is 58.2 Å². The third-order valence-corrected chi connectivity index (χ3v) is 6.30. The quantitative estimate of drug-likeness (QED) is 0.512. The second-order valence-electron chi connectivity index (χ2n) is 7.01. The van der Waals surface area contributed by atoms with Gasteiger partial charge in [0.15, 0.2) is 0 Å². The first-order chi connectivity index (χ1) is 15.0. The van der Waals surface area contributed by atoms with Gasteiger partial charge >= 0.3 is 0 Å². The van der Waals surface area contributed by atoms with Crippen molar-refractivity contribution >= 4 is 35.2 Å². The van der Waals surface area contributed by atoms with Crippen LogP contribution in [0.25, 0.3) is 11.5 Å². The summed E-state index contributed by atoms with van der Waals surface area (Å²) in [7, 11) is 1.60. The highest BCUT2D eigenvalue weighted by atomic mass is 35.5. The van der Waals surface area contributed by atoms with E-state index in [1.165, 1.54) is 16.7 Å². The fraction of sp³-hybridized carbons (Fsp3) is 0.273. The Hall–Kier alpha value is -2.84. The summed E-state index contributed by atoms with van der Waals surface area (Å²) in [5.74, 6) is 0.526. The second-order valence-corrected chi connectivity index (χ2v) is 8.60. The zero-order valence-corrected chi connectivity index (χ0v) is 18.4. The summed E-state index contributed by atoms with van der Waals surface area (Å²) in [4.78, 5) is 27.4. The van der Waals surface area contributed by atoms with E-state index in [1.807, 2.05) is 12.1 Å². The summed E-state index contributed by atoms with van der Waals surface area (Å²) < 4.78 is 10.9. The number of amides is 2. The van der Waals surface area contributed by atoms with Gasteiger partial charge in [-0.05, 0) is 61.4 Å². The molecule has 2 aromatic carbocycles. The maximum atomic E-state index is 13.1. The Balaban J connectivity index is 1.48. The largest absolute Gasteiger partial charge is 0.497 e. The third-order valence-electron chi connectivity index (χ3n) is 4.96. The van der Waals surface area contributed by atoms with Crippen LogP contribution in [0.4, 0.5) is 0 Å². The number of thioether (sulfide) groups is 1. The average Bonchev–Trinajstić information content (AvgIpc) is 3.19. The molecule has 1 fully saturated rings. The number of carbonyl (C=O) groups excluding carboxylic acids is 2. The normalized spacial score (nSPS) is 16.8. The zero-order chi connectivity index (χ0) is 21.8. The van der Waals surface area contributed by atoms with E-state index in [2.05, 4.69) is 10.2 Å². The van der Waals surface area contributed by atoms with E-state index in [9.17, 15) is 9.59 Å². The number of hydrogen-bond donors (Lipinski definition) is 0. The third kappa shape index (κ3) is 4.91. The molecule has 2 heterocycles. The minimum Gasteiger partial charge on any atom is -0.497 e. The van der Waals surface area contributed by atoms with Crippen molar-refractivity contribution in [1.29, 1.82) is 0 Å². The van der Waals surface area contributed by atoms with E-state index in [-0.39, 0.29) is 11.8 Å². The highest BCUT2D eigenvalue weighted by molar-refractivity contribution is 8.00. The smallest absolute Gasteiger partial charge is 0.277 e. The van der Waals surface area contributed by atoms with E-state index in [1.54, 1.807) is 43.5 Å². The number of likely N-dealkylation sites (tertiary alicyclic amines) is 1. The molecule has 1 aliphatic heterocycles. The van der Waals surface area contributed by atoms with Crippen molar-refractivity contribution in [3.8, 4) is 17.2 Å². The molecule has 1 aliphatic rings. The van der Waals surface area contributed by atoms with Gasteiger partial charge in [0.05, 0.1) is 12.4 Å². The minimum absolute atomic E-state index is 0.244. The average molecular weight is 458 g/mol. The lowest BCUT2D eigenvalue weighted by Gasteiger charge is -2.21. The minimum atomic E-state index is -0.470. The molecule has 1 aromatic heterocycles. The van der Waals surface area contributed by atoms with Crippen LogP contribution < -0.4 is 4.74 Å². The Morgan fingerprint density at radius 2 is 1.87 bits per heavy atom. The van der Waals surface area contributed by atoms with Gasteiger partial charge in [0.25, 0.3) is 11.1 Å². The molecule has 0 spiro atoms. The molecular formula is C22H20ClN3O4S. The van der Waals surface area contributed by atoms with Crippen molar-refractivity contribution in [3.05, 3.63) is 59.1 Å². The Kier molecular flexibility index (Phi) is 6.58. The molecule has 1 atom stereocenters. The van der Waals surface area contributed by atoms with E-state index < -0.39 is 5.25 Å². The Labute approximate surface area is 188 Å². The van der Waals surface area contributed by atoms with Gasteiger partial charge in [0, 0.05) is 22.7 Å². The molecule has 3 aromatic rings. The topological polar surface area (TPSA) is 85.5 Å². The fourth-order valence-electron chi connectivity index (χ4n) is 3.30. The van der Waals surface area contributed by atoms with Crippen molar-refractivity contribution in [1.82, 2.24) is 15.1 Å². The van der Waals surface area contributed by atoms with Gasteiger partial charge in [0.1, 0.15) is 5.75 Å². The number of nitrogens with zero attached hydrogens (tertiary/aromatic N) is 3. The standard InChI is InChI=1S/C22H20ClN3O4S/c1-29-17-11-7-14(8-12-17)19-24-25-22(30-19)31-18-4-2-3-13-26(21(18)28)20(27)15-5-9-16(23)10-6-15/h5-12,18H,2-4,13H2,1H3. The summed E-state index contributed by atoms with van der Waals surface area (Å²) >= 11 is 7.11. The number of hydrogen-bond acceptors (Lipinski definition) is 7. The van der Waals surface area contributed by atoms with Crippen LogP contribution in [0.2, 0.25) is 5.02 Å². The van der Waals surface area contributed by atoms with Crippen molar-refractivity contribution in [2.24, 2.45) is 0 Å². The molecule has 4 rings (SSSR count). The van der Waals surface area contributed by atoms with Gasteiger partial charge in [0.2, 0.25) is 11.8 Å². The van der Waals surface area contributed by atoms with Crippen LogP contribution in [-0.4, -0.2) is 45.8 Å². The highest BCUT2D eigenvalue weighted by Crippen LogP contribution is 2.32. The number of rotatable bonds is 5. The molecule has 7 nitrogen and oxygen atoms in total. The molecule has 0 aliphatic carbocycles. The van der Waals surface area contributed by atoms with Crippen LogP contribution in [0.3, 0.4) is 0 Å². The summed E-state index contributed by atoms with van der Waals surface area (Å²) in [5.41, 5.74) is 1.19. The lowest BCUT2D eigenvalue weighted by molar-refractivity contribution is -0.127. The second kappa shape index (κ2) is 9.53. The Morgan fingerprint density at radius 1 is 1.13 bits per heavy atom. The van der Waals surface area contributed by atoms with Crippen molar-refractivity contribution in [2.45, 2.75) is 29.7 Å². The maximum absolute atomic E-state index is 13.1. The van der Waals surface area contributed by atoms with Crippen molar-refractivity contribution in [2.75, 3.05) is 13.7 Å². The molecule has 0 bridgehead atoms. The van der Waals surface area contributed by atoms with Crippen LogP contribution >= 0.6 is 23.4 Å². The van der Waals surface area contributed by atoms with Crippen molar-refractivity contribution in [3.63, 3.8) is 0 Å². The SMILES string of the molecule is COc1ccc(-c2nnc(SC3CCCCN(C(=O)c4ccc(Cl)cc4)C3=O)o2)cc1. The van der Waals surface area contributed by atoms with Gasteiger partial charge in [-0.1, -0.05) is 29.8 Å². The van der Waals surface area contributed by atoms with Gasteiger partial charge < -0.3 is 9.15 Å². The molecule has 1 saturated heterocycles. The van der Waals surface area contributed by atoms with Crippen LogP contribution in [-0.2, 0) is 4.79 Å². The van der Waals surface area contributed by atoms with Crippen LogP contribution in [0, 0.1) is 0 Å². The number of benzene rings is 2. The van der Waals surface area contributed by atoms with Gasteiger partial charge in [-0.2, -0.15) is 0 Å². The predicted molar refractivity (Wildman–Crippen MR) is 117 cm³/mol. The van der Waals surface area contributed by atoms with E-state index in [4.69, 9.17) is 20.8 Å². The highest BCUT2D eigenvalue weighted by Gasteiger charge is 2.33. The Morgan fingerprint density at radius 3 is 2.58 bits per heavy atom. The molecule has 0 saturated carbocycles. The van der Waals surface area contributed by atoms with Crippen LogP contribution in [0.1, 0.15) is 29.6 Å². The number of halogens is 1. The molecule has 31 heavy (non-hydrogen) atoms. The van der Waals surface area contributed by atoms with Gasteiger partial charge in [-0.15, -0.1) is 10.2 Å². The summed E-state index contributed by atoms with van der Waals surface area (Å²) in [5, 5.41) is 8.52. The first kappa shape index (κ1) is 21.4. The van der Waals surface area contributed by atoms with E-state index in [0.717, 1.165) is 24.2 Å². The monoisotopic (exact) mass is 457 g/mol. The number of methoxy groups -OCH3 is 1. The molecule has 2 amide bonds. The molecule has 0 radical (unpaired) electrons. The summed E-state index contributed by atoms with van der Waals surface area (Å²) in [6.45, 7) is 0.387. The molecule has 9 heteroatoms. The Bertz CT molecular complexity index is 1070. The zero-order valence-electron chi connectivity index (χ0n) is 16.8. The molecule has 1 unspecified atom stereocenters. The lowest BCUT2D eigenvalue weighted by atomic mass is 10.2. The van der Waals surface area contributed by atoms with Crippen molar-refractivity contribution < 1.29 is 18.7 Å².